The minimum Gasteiger partial charge on any atom is -0.456 e. The van der Waals surface area contributed by atoms with Crippen LogP contribution < -0.4 is 9.47 Å². The highest BCUT2D eigenvalue weighted by molar-refractivity contribution is 7.86. The minimum absolute atomic E-state index is 0.211. The summed E-state index contributed by atoms with van der Waals surface area (Å²) in [7, 11) is -2.17. The van der Waals surface area contributed by atoms with Crippen LogP contribution in [-0.4, -0.2) is 113 Å². The fourth-order valence-electron chi connectivity index (χ4n) is 7.14. The van der Waals surface area contributed by atoms with Gasteiger partial charge in [0.2, 0.25) is 5.78 Å². The van der Waals surface area contributed by atoms with Crippen molar-refractivity contribution in [3.63, 3.8) is 0 Å². The first kappa shape index (κ1) is 41.2. The third-order valence-electron chi connectivity index (χ3n) is 9.05. The lowest BCUT2D eigenvalue weighted by atomic mass is 9.72. The molecule has 2 aliphatic carbocycles. The van der Waals surface area contributed by atoms with Gasteiger partial charge in [-0.1, -0.05) is 12.1 Å². The maximum atomic E-state index is 14.6. The van der Waals surface area contributed by atoms with Crippen molar-refractivity contribution in [3.8, 4) is 11.5 Å². The van der Waals surface area contributed by atoms with Crippen LogP contribution in [0.15, 0.2) is 24.3 Å². The van der Waals surface area contributed by atoms with Crippen molar-refractivity contribution in [2.75, 3.05) is 20.5 Å². The van der Waals surface area contributed by atoms with E-state index in [1.807, 2.05) is 0 Å². The maximum Gasteiger partial charge on any atom is 0.308 e. The smallest absolute Gasteiger partial charge is 0.308 e. The highest BCUT2D eigenvalue weighted by Crippen LogP contribution is 2.51. The van der Waals surface area contributed by atoms with Gasteiger partial charge in [0.1, 0.15) is 29.8 Å². The van der Waals surface area contributed by atoms with Crippen LogP contribution in [0.5, 0.6) is 11.5 Å². The Morgan fingerprint density at radius 2 is 1.38 bits per heavy atom. The molecule has 5 rings (SSSR count). The van der Waals surface area contributed by atoms with Crippen molar-refractivity contribution in [2.45, 2.75) is 90.1 Å². The Morgan fingerprint density at radius 1 is 0.764 bits per heavy atom. The van der Waals surface area contributed by atoms with Crippen LogP contribution in [0.4, 0.5) is 0 Å². The van der Waals surface area contributed by atoms with Gasteiger partial charge in [0, 0.05) is 64.2 Å². The summed E-state index contributed by atoms with van der Waals surface area (Å²) in [6, 6.07) is 4.95. The van der Waals surface area contributed by atoms with Gasteiger partial charge >= 0.3 is 23.9 Å². The monoisotopic (exact) mass is 790 g/mol. The van der Waals surface area contributed by atoms with Crippen molar-refractivity contribution in [1.29, 1.82) is 0 Å². The summed E-state index contributed by atoms with van der Waals surface area (Å²) >= 11 is 0. The first-order valence-electron chi connectivity index (χ1n) is 16.6. The number of Topliss-reactive ketones (excluding diaryl/α,β-unsaturated/α-hetero) is 1. The number of esters is 4. The van der Waals surface area contributed by atoms with Gasteiger partial charge in [0.05, 0.1) is 23.5 Å². The second kappa shape index (κ2) is 15.3. The molecule has 2 aromatic carbocycles. The molecule has 0 radical (unpaired) electrons. The molecule has 0 unspecified atom stereocenters. The van der Waals surface area contributed by atoms with Crippen molar-refractivity contribution < 1.29 is 84.1 Å². The molecule has 2 aromatic rings. The predicted molar refractivity (Wildman–Crippen MR) is 182 cm³/mol. The maximum absolute atomic E-state index is 14.6. The third-order valence-corrected chi connectivity index (χ3v) is 9.70. The number of ketones is 3. The molecule has 19 heteroatoms. The van der Waals surface area contributed by atoms with Crippen molar-refractivity contribution in [1.82, 2.24) is 0 Å². The second-order valence-electron chi connectivity index (χ2n) is 13.1. The van der Waals surface area contributed by atoms with E-state index in [2.05, 4.69) is 0 Å². The van der Waals surface area contributed by atoms with Gasteiger partial charge < -0.3 is 37.9 Å². The number of fused-ring (bicyclic) bond motifs is 3. The summed E-state index contributed by atoms with van der Waals surface area (Å²) in [6.45, 7) is 6.86. The van der Waals surface area contributed by atoms with Crippen LogP contribution in [0.3, 0.4) is 0 Å². The van der Waals surface area contributed by atoms with Gasteiger partial charge in [0.15, 0.2) is 35.7 Å². The molecule has 296 valence electrons. The minimum atomic E-state index is -4.47. The van der Waals surface area contributed by atoms with E-state index in [9.17, 15) is 42.0 Å². The van der Waals surface area contributed by atoms with Crippen LogP contribution in [0.25, 0.3) is 0 Å². The van der Waals surface area contributed by atoms with Crippen LogP contribution >= 0.6 is 0 Å². The topological polar surface area (TPSA) is 237 Å². The number of hydrogen-bond donors (Lipinski definition) is 0. The fourth-order valence-corrected chi connectivity index (χ4v) is 7.94. The Bertz CT molecular complexity index is 2110. The molecule has 0 amide bonds. The van der Waals surface area contributed by atoms with E-state index in [0.29, 0.717) is 6.26 Å². The summed E-state index contributed by atoms with van der Waals surface area (Å²) < 4.78 is 76.6. The van der Waals surface area contributed by atoms with Crippen LogP contribution in [-0.2, 0) is 61.9 Å². The van der Waals surface area contributed by atoms with E-state index in [1.54, 1.807) is 0 Å². The zero-order valence-electron chi connectivity index (χ0n) is 31.1. The summed E-state index contributed by atoms with van der Waals surface area (Å²) in [4.78, 5) is 92.3. The van der Waals surface area contributed by atoms with E-state index in [-0.39, 0.29) is 22.4 Å². The number of benzene rings is 2. The summed E-state index contributed by atoms with van der Waals surface area (Å²) in [6.07, 6.45) is -9.54. The first-order chi connectivity index (χ1) is 25.6. The molecule has 0 saturated carbocycles. The molecule has 1 aliphatic heterocycles. The molecule has 0 bridgehead atoms. The van der Waals surface area contributed by atoms with Gasteiger partial charge in [-0.05, 0) is 26.0 Å². The lowest BCUT2D eigenvalue weighted by Gasteiger charge is -2.48. The molecule has 18 nitrogen and oxygen atoms in total. The number of hydrogen-bond acceptors (Lipinski definition) is 18. The van der Waals surface area contributed by atoms with Gasteiger partial charge in [-0.2, -0.15) is 8.42 Å². The molecular weight excluding hydrogens is 752 g/mol. The van der Waals surface area contributed by atoms with Crippen molar-refractivity contribution in [2.24, 2.45) is 0 Å². The average Bonchev–Trinajstić information content (AvgIpc) is 3.06. The molecular formula is C36H38O18S. The molecule has 1 fully saturated rings. The SMILES string of the molecule is CO[C@H]1[C@H](O[C@@H]2c3c(cc4c(c3OC(C)=O)C(=O)c3c(OC(C)=O)cccc3C4=O)C(=O)[C@@](C)(OS(C)(=O)=O)[C@H]2OC)O[C@@H](C)[C@H](OC(C)=O)[C@H]1OC(C)=O. The van der Waals surface area contributed by atoms with Crippen molar-refractivity contribution >= 4 is 51.3 Å². The Morgan fingerprint density at radius 3 is 1.93 bits per heavy atom. The van der Waals surface area contributed by atoms with Gasteiger partial charge in [-0.25, -0.2) is 0 Å². The Labute approximate surface area is 314 Å². The molecule has 3 aliphatic rings. The molecule has 0 spiro atoms. The summed E-state index contributed by atoms with van der Waals surface area (Å²) in [5, 5.41) is 0. The summed E-state index contributed by atoms with van der Waals surface area (Å²) in [5.41, 5.74) is -4.79. The normalized spacial score (nSPS) is 27.3. The lowest BCUT2D eigenvalue weighted by molar-refractivity contribution is -0.323. The number of carbonyl (C=O) groups is 7. The molecule has 1 saturated heterocycles. The van der Waals surface area contributed by atoms with E-state index in [4.69, 9.17) is 42.1 Å². The largest absolute Gasteiger partial charge is 0.456 e. The Kier molecular flexibility index (Phi) is 11.5. The highest BCUT2D eigenvalue weighted by atomic mass is 32.2. The number of rotatable bonds is 10. The van der Waals surface area contributed by atoms with Crippen LogP contribution in [0.2, 0.25) is 0 Å². The molecule has 8 atom stereocenters. The quantitative estimate of drug-likeness (QED) is 0.162. The van der Waals surface area contributed by atoms with Gasteiger partial charge in [-0.3, -0.25) is 37.7 Å². The molecule has 0 aromatic heterocycles. The average molecular weight is 791 g/mol. The first-order valence-corrected chi connectivity index (χ1v) is 18.4. The van der Waals surface area contributed by atoms with Crippen LogP contribution in [0.1, 0.15) is 95.4 Å². The lowest BCUT2D eigenvalue weighted by Crippen LogP contribution is -2.62. The zero-order chi connectivity index (χ0) is 40.9. The van der Waals surface area contributed by atoms with Gasteiger partial charge in [0.25, 0.3) is 10.1 Å². The summed E-state index contributed by atoms with van der Waals surface area (Å²) in [5.74, 6) is -7.16. The molecule has 55 heavy (non-hydrogen) atoms. The Hall–Kier alpha value is -4.92. The van der Waals surface area contributed by atoms with E-state index < -0.39 is 122 Å². The number of methoxy groups -OCH3 is 2. The highest BCUT2D eigenvalue weighted by Gasteiger charge is 2.59. The second-order valence-corrected chi connectivity index (χ2v) is 14.7. The fraction of sp³-hybridized carbons (Fsp3) is 0.472. The molecule has 1 heterocycles. The third kappa shape index (κ3) is 7.67. The van der Waals surface area contributed by atoms with Crippen LogP contribution in [0, 0.1) is 0 Å². The predicted octanol–water partition coefficient (Wildman–Crippen LogP) is 1.94. The van der Waals surface area contributed by atoms with Crippen molar-refractivity contribution in [3.05, 3.63) is 57.6 Å². The standard InChI is InChI=1S/C36H38O18S/c1-14-28(50-16(3)38)31(52-18(5)40)32(46-7)35(48-14)53-30-25-21(33(43)36(6,34(30)47-8)54-55(9,44)45)13-20-24(29(25)51-17(4)39)27(42)23-19(26(20)41)11-10-12-22(23)49-15(2)37/h10-14,28,30-32,34-35H,1-9H3/t14-,28-,30+,31+,32+,34-,35-,36+/m0/s1. The van der Waals surface area contributed by atoms with E-state index in [1.165, 1.54) is 32.2 Å². The number of carbonyl (C=O) groups excluding carboxylic acids is 7. The number of ether oxygens (including phenoxy) is 8. The van der Waals surface area contributed by atoms with E-state index in [0.717, 1.165) is 47.8 Å². The molecule has 0 N–H and O–H groups in total. The van der Waals surface area contributed by atoms with E-state index >= 15 is 0 Å². The van der Waals surface area contributed by atoms with Gasteiger partial charge in [-0.15, -0.1) is 0 Å². The Balaban J connectivity index is 1.82. The zero-order valence-corrected chi connectivity index (χ0v) is 31.9.